The van der Waals surface area contributed by atoms with Gasteiger partial charge in [-0.3, -0.25) is 4.79 Å². The van der Waals surface area contributed by atoms with Crippen molar-refractivity contribution < 1.29 is 14.7 Å². The van der Waals surface area contributed by atoms with E-state index >= 15 is 0 Å². The van der Waals surface area contributed by atoms with Gasteiger partial charge in [0.25, 0.3) is 0 Å². The van der Waals surface area contributed by atoms with Crippen molar-refractivity contribution in [2.24, 2.45) is 5.92 Å². The molecule has 0 spiro atoms. The highest BCUT2D eigenvalue weighted by molar-refractivity contribution is 5.81. The molecule has 116 valence electrons. The molecule has 1 atom stereocenters. The van der Waals surface area contributed by atoms with E-state index in [1.807, 2.05) is 0 Å². The number of carbonyl (C=O) groups excluding carboxylic acids is 2. The van der Waals surface area contributed by atoms with Gasteiger partial charge in [0.05, 0.1) is 0 Å². The number of ketones is 1. The first-order chi connectivity index (χ1) is 9.70. The van der Waals surface area contributed by atoms with Gasteiger partial charge in [-0.15, -0.1) is 0 Å². The van der Waals surface area contributed by atoms with Crippen LogP contribution >= 0.6 is 0 Å². The van der Waals surface area contributed by atoms with Gasteiger partial charge in [-0.25, -0.2) is 0 Å². The molecule has 1 aliphatic carbocycles. The summed E-state index contributed by atoms with van der Waals surface area (Å²) in [6, 6.07) is 0. The third-order valence-corrected chi connectivity index (χ3v) is 4.36. The van der Waals surface area contributed by atoms with Crippen molar-refractivity contribution in [3.05, 3.63) is 0 Å². The molecule has 0 aromatic heterocycles. The maximum atomic E-state index is 11.7. The summed E-state index contributed by atoms with van der Waals surface area (Å²) in [7, 11) is 0. The summed E-state index contributed by atoms with van der Waals surface area (Å²) in [5, 5.41) is 10.2. The third-order valence-electron chi connectivity index (χ3n) is 4.36. The Bertz CT molecular complexity index is 286. The van der Waals surface area contributed by atoms with Crippen molar-refractivity contribution in [1.82, 2.24) is 0 Å². The fourth-order valence-electron chi connectivity index (χ4n) is 3.08. The summed E-state index contributed by atoms with van der Waals surface area (Å²) < 4.78 is 0. The Morgan fingerprint density at radius 3 is 2.15 bits per heavy atom. The molecule has 20 heavy (non-hydrogen) atoms. The third kappa shape index (κ3) is 8.34. The van der Waals surface area contributed by atoms with Gasteiger partial charge in [-0.05, 0) is 32.1 Å². The topological polar surface area (TPSA) is 57.2 Å². The lowest BCUT2D eigenvalue weighted by Crippen LogP contribution is -2.21. The summed E-state index contributed by atoms with van der Waals surface area (Å²) in [5.41, 5.74) is 0. The number of carboxylic acids is 1. The van der Waals surface area contributed by atoms with Gasteiger partial charge < -0.3 is 9.90 Å². The van der Waals surface area contributed by atoms with E-state index in [1.165, 1.54) is 38.5 Å². The highest BCUT2D eigenvalue weighted by Gasteiger charge is 2.20. The minimum absolute atomic E-state index is 0.204. The number of hydrogen-bond acceptors (Lipinski definition) is 3. The zero-order valence-corrected chi connectivity index (χ0v) is 12.7. The maximum Gasteiger partial charge on any atom is 0.135 e. The van der Waals surface area contributed by atoms with Crippen LogP contribution in [0.15, 0.2) is 0 Å². The Kier molecular flexibility index (Phi) is 9.35. The largest absolute Gasteiger partial charge is 0.550 e. The average molecular weight is 281 g/mol. The van der Waals surface area contributed by atoms with Crippen LogP contribution in [0.3, 0.4) is 0 Å². The van der Waals surface area contributed by atoms with Crippen molar-refractivity contribution in [1.29, 1.82) is 0 Å². The van der Waals surface area contributed by atoms with E-state index in [9.17, 15) is 14.7 Å². The van der Waals surface area contributed by atoms with E-state index < -0.39 is 5.97 Å². The molecule has 3 nitrogen and oxygen atoms in total. The molecule has 0 amide bonds. The molecule has 0 radical (unpaired) electrons. The fourth-order valence-corrected chi connectivity index (χ4v) is 3.08. The van der Waals surface area contributed by atoms with Crippen molar-refractivity contribution in [3.8, 4) is 0 Å². The predicted molar refractivity (Wildman–Crippen MR) is 78.1 cm³/mol. The van der Waals surface area contributed by atoms with Crippen LogP contribution in [0.4, 0.5) is 0 Å². The summed E-state index contributed by atoms with van der Waals surface area (Å²) in [6.07, 6.45) is 14.6. The number of unbranched alkanes of at least 4 members (excludes halogenated alkanes) is 7. The number of Topliss-reactive ketones (excluding diaryl/α,β-unsaturated/α-hetero) is 1. The van der Waals surface area contributed by atoms with Gasteiger partial charge in [0, 0.05) is 18.3 Å². The van der Waals surface area contributed by atoms with Crippen LogP contribution in [0.1, 0.15) is 89.9 Å². The molecule has 0 heterocycles. The molecule has 0 aromatic rings. The number of carboxylic acid groups (broad SMARTS) is 1. The lowest BCUT2D eigenvalue weighted by Gasteiger charge is -2.20. The summed E-state index contributed by atoms with van der Waals surface area (Å²) in [4.78, 5) is 21.9. The number of rotatable bonds is 11. The van der Waals surface area contributed by atoms with Crippen LogP contribution in [-0.4, -0.2) is 11.8 Å². The van der Waals surface area contributed by atoms with Crippen LogP contribution in [0, 0.1) is 5.92 Å². The molecule has 1 fully saturated rings. The Labute approximate surface area is 123 Å². The van der Waals surface area contributed by atoms with Crippen LogP contribution in [0.2, 0.25) is 0 Å². The van der Waals surface area contributed by atoms with Gasteiger partial charge in [0.15, 0.2) is 0 Å². The molecule has 0 saturated heterocycles. The van der Waals surface area contributed by atoms with Gasteiger partial charge >= 0.3 is 0 Å². The normalized spacial score (nSPS) is 19.2. The Morgan fingerprint density at radius 2 is 1.55 bits per heavy atom. The standard InChI is InChI=1S/C17H30O3/c18-16-13-10-9-12-15(16)11-7-5-3-1-2-4-6-8-14-17(19)20/h15H,1-14H2,(H,19,20)/p-1/t15-/m0/s1. The average Bonchev–Trinajstić information content (AvgIpc) is 2.42. The van der Waals surface area contributed by atoms with E-state index in [0.717, 1.165) is 44.9 Å². The first-order valence-electron chi connectivity index (χ1n) is 8.42. The quantitative estimate of drug-likeness (QED) is 0.545. The molecule has 0 aliphatic heterocycles. The van der Waals surface area contributed by atoms with Crippen molar-refractivity contribution in [3.63, 3.8) is 0 Å². The first kappa shape index (κ1) is 17.2. The molecular weight excluding hydrogens is 252 g/mol. The van der Waals surface area contributed by atoms with E-state index in [-0.39, 0.29) is 6.42 Å². The Morgan fingerprint density at radius 1 is 0.950 bits per heavy atom. The SMILES string of the molecule is O=C([O-])CCCCCCCCCC[C@H]1CCCCC1=O. The van der Waals surface area contributed by atoms with Gasteiger partial charge in [0.1, 0.15) is 5.78 Å². The van der Waals surface area contributed by atoms with E-state index in [1.54, 1.807) is 0 Å². The van der Waals surface area contributed by atoms with Crippen LogP contribution in [0.5, 0.6) is 0 Å². The Hall–Kier alpha value is -0.860. The molecule has 1 saturated carbocycles. The molecule has 1 rings (SSSR count). The second kappa shape index (κ2) is 10.9. The van der Waals surface area contributed by atoms with Gasteiger partial charge in [-0.2, -0.15) is 0 Å². The molecule has 1 aliphatic rings. The van der Waals surface area contributed by atoms with Crippen LogP contribution in [-0.2, 0) is 9.59 Å². The maximum absolute atomic E-state index is 11.7. The molecule has 0 aromatic carbocycles. The highest BCUT2D eigenvalue weighted by Crippen LogP contribution is 2.25. The van der Waals surface area contributed by atoms with Crippen molar-refractivity contribution in [2.45, 2.75) is 89.9 Å². The fraction of sp³-hybridized carbons (Fsp3) is 0.882. The predicted octanol–water partition coefficient (Wildman–Crippen LogP) is 3.40. The minimum atomic E-state index is -0.928. The number of aliphatic carboxylic acids is 1. The van der Waals surface area contributed by atoms with Gasteiger partial charge in [0.2, 0.25) is 0 Å². The Balaban J connectivity index is 1.82. The summed E-state index contributed by atoms with van der Waals surface area (Å²) in [6.45, 7) is 0. The number of hydrogen-bond donors (Lipinski definition) is 0. The second-order valence-electron chi connectivity index (χ2n) is 6.15. The van der Waals surface area contributed by atoms with Gasteiger partial charge in [-0.1, -0.05) is 51.4 Å². The monoisotopic (exact) mass is 281 g/mol. The van der Waals surface area contributed by atoms with Crippen molar-refractivity contribution >= 4 is 11.8 Å². The zero-order chi connectivity index (χ0) is 14.6. The number of carbonyl (C=O) groups is 2. The summed E-state index contributed by atoms with van der Waals surface area (Å²) in [5.74, 6) is -0.0557. The molecule has 0 unspecified atom stereocenters. The first-order valence-corrected chi connectivity index (χ1v) is 8.42. The molecular formula is C17H29O3-. The molecule has 0 N–H and O–H groups in total. The summed E-state index contributed by atoms with van der Waals surface area (Å²) >= 11 is 0. The smallest absolute Gasteiger partial charge is 0.135 e. The van der Waals surface area contributed by atoms with Crippen LogP contribution < -0.4 is 5.11 Å². The zero-order valence-electron chi connectivity index (χ0n) is 12.7. The van der Waals surface area contributed by atoms with E-state index in [4.69, 9.17) is 0 Å². The molecule has 0 bridgehead atoms. The second-order valence-corrected chi connectivity index (χ2v) is 6.15. The lowest BCUT2D eigenvalue weighted by molar-refractivity contribution is -0.305. The molecule has 3 heteroatoms. The van der Waals surface area contributed by atoms with E-state index in [0.29, 0.717) is 11.7 Å². The van der Waals surface area contributed by atoms with E-state index in [2.05, 4.69) is 0 Å². The van der Waals surface area contributed by atoms with Crippen molar-refractivity contribution in [2.75, 3.05) is 0 Å². The van der Waals surface area contributed by atoms with Crippen LogP contribution in [0.25, 0.3) is 0 Å². The minimum Gasteiger partial charge on any atom is -0.550 e. The highest BCUT2D eigenvalue weighted by atomic mass is 16.4. The lowest BCUT2D eigenvalue weighted by atomic mass is 9.84.